The molecule has 0 saturated carbocycles. The van der Waals surface area contributed by atoms with E-state index in [0.29, 0.717) is 22.8 Å². The van der Waals surface area contributed by atoms with Crippen molar-refractivity contribution >= 4 is 5.91 Å². The van der Waals surface area contributed by atoms with E-state index in [1.165, 1.54) is 0 Å². The van der Waals surface area contributed by atoms with Crippen molar-refractivity contribution in [3.05, 3.63) is 60.3 Å². The van der Waals surface area contributed by atoms with E-state index in [4.69, 9.17) is 14.6 Å². The maximum atomic E-state index is 13.2. The number of hydrogen-bond donors (Lipinski definition) is 0. The molecule has 3 aromatic rings. The van der Waals surface area contributed by atoms with Crippen molar-refractivity contribution in [2.24, 2.45) is 0 Å². The number of hydrogen-bond acceptors (Lipinski definition) is 4. The Balaban J connectivity index is 1.87. The van der Waals surface area contributed by atoms with Crippen LogP contribution in [0, 0.1) is 0 Å². The van der Waals surface area contributed by atoms with Gasteiger partial charge in [-0.05, 0) is 43.2 Å². The lowest BCUT2D eigenvalue weighted by Crippen LogP contribution is -2.27. The van der Waals surface area contributed by atoms with Gasteiger partial charge in [0, 0.05) is 24.8 Å². The summed E-state index contributed by atoms with van der Waals surface area (Å²) in [6.45, 7) is 1.56. The highest BCUT2D eigenvalue weighted by atomic mass is 16.5. The van der Waals surface area contributed by atoms with Crippen LogP contribution in [-0.2, 0) is 0 Å². The molecule has 0 aliphatic carbocycles. The Morgan fingerprint density at radius 3 is 2.43 bits per heavy atom. The number of likely N-dealkylation sites (tertiary alicyclic amines) is 1. The van der Waals surface area contributed by atoms with Gasteiger partial charge in [0.2, 0.25) is 0 Å². The molecule has 0 bridgehead atoms. The van der Waals surface area contributed by atoms with Crippen LogP contribution >= 0.6 is 0 Å². The maximum absolute atomic E-state index is 13.2. The van der Waals surface area contributed by atoms with Crippen LogP contribution < -0.4 is 9.47 Å². The molecule has 0 spiro atoms. The first kappa shape index (κ1) is 18.1. The summed E-state index contributed by atoms with van der Waals surface area (Å²) >= 11 is 0. The molecule has 0 unspecified atom stereocenters. The Kier molecular flexibility index (Phi) is 5.02. The molecule has 4 rings (SSSR count). The highest BCUT2D eigenvalue weighted by molar-refractivity contribution is 6.00. The minimum Gasteiger partial charge on any atom is -0.497 e. The first-order valence-corrected chi connectivity index (χ1v) is 9.38. The fraction of sp³-hybridized carbons (Fsp3) is 0.273. The monoisotopic (exact) mass is 377 g/mol. The van der Waals surface area contributed by atoms with Gasteiger partial charge < -0.3 is 14.4 Å². The molecule has 1 aromatic heterocycles. The second-order valence-electron chi connectivity index (χ2n) is 6.74. The number of amides is 1. The fourth-order valence-corrected chi connectivity index (χ4v) is 3.53. The zero-order valence-electron chi connectivity index (χ0n) is 16.1. The van der Waals surface area contributed by atoms with Crippen molar-refractivity contribution in [3.8, 4) is 28.4 Å². The molecular weight excluding hydrogens is 354 g/mol. The van der Waals surface area contributed by atoms with Gasteiger partial charge in [-0.15, -0.1) is 0 Å². The van der Waals surface area contributed by atoms with E-state index in [2.05, 4.69) is 0 Å². The maximum Gasteiger partial charge on any atom is 0.257 e. The van der Waals surface area contributed by atoms with Crippen LogP contribution in [0.4, 0.5) is 0 Å². The zero-order chi connectivity index (χ0) is 19.5. The number of aromatic nitrogens is 2. The van der Waals surface area contributed by atoms with Crippen LogP contribution in [0.15, 0.2) is 54.7 Å². The molecule has 1 aliphatic heterocycles. The summed E-state index contributed by atoms with van der Waals surface area (Å²) in [7, 11) is 3.23. The molecule has 28 heavy (non-hydrogen) atoms. The van der Waals surface area contributed by atoms with Gasteiger partial charge in [0.15, 0.2) is 0 Å². The van der Waals surface area contributed by atoms with E-state index in [0.717, 1.165) is 37.2 Å². The number of ether oxygens (including phenoxy) is 2. The molecule has 0 radical (unpaired) electrons. The number of carbonyl (C=O) groups is 1. The molecule has 6 heteroatoms. The van der Waals surface area contributed by atoms with Gasteiger partial charge in [0.1, 0.15) is 17.2 Å². The Labute approximate surface area is 164 Å². The molecular formula is C22H23N3O3. The van der Waals surface area contributed by atoms with Crippen molar-refractivity contribution in [1.82, 2.24) is 14.7 Å². The summed E-state index contributed by atoms with van der Waals surface area (Å²) in [6, 6.07) is 15.3. The van der Waals surface area contributed by atoms with E-state index in [-0.39, 0.29) is 5.91 Å². The molecule has 0 atom stereocenters. The molecule has 2 heterocycles. The fourth-order valence-electron chi connectivity index (χ4n) is 3.53. The molecule has 144 valence electrons. The third-order valence-electron chi connectivity index (χ3n) is 5.02. The van der Waals surface area contributed by atoms with E-state index in [9.17, 15) is 4.79 Å². The summed E-state index contributed by atoms with van der Waals surface area (Å²) in [6.07, 6.45) is 3.89. The van der Waals surface area contributed by atoms with Crippen LogP contribution in [0.1, 0.15) is 23.2 Å². The number of benzene rings is 2. The lowest BCUT2D eigenvalue weighted by Gasteiger charge is -2.15. The summed E-state index contributed by atoms with van der Waals surface area (Å²) in [5.41, 5.74) is 2.79. The summed E-state index contributed by atoms with van der Waals surface area (Å²) in [5.74, 6) is 1.33. The summed E-state index contributed by atoms with van der Waals surface area (Å²) < 4.78 is 12.7. The molecule has 2 aromatic carbocycles. The third-order valence-corrected chi connectivity index (χ3v) is 5.02. The zero-order valence-corrected chi connectivity index (χ0v) is 16.1. The molecule has 1 amide bonds. The largest absolute Gasteiger partial charge is 0.497 e. The Morgan fingerprint density at radius 2 is 1.75 bits per heavy atom. The molecule has 1 saturated heterocycles. The molecule has 1 fully saturated rings. The highest BCUT2D eigenvalue weighted by Gasteiger charge is 2.27. The van der Waals surface area contributed by atoms with Gasteiger partial charge in [-0.2, -0.15) is 5.10 Å². The first-order valence-electron chi connectivity index (χ1n) is 9.38. The predicted octanol–water partition coefficient (Wildman–Crippen LogP) is 3.79. The lowest BCUT2D eigenvalue weighted by atomic mass is 10.1. The number of para-hydroxylation sites is 1. The number of nitrogens with zero attached hydrogens (tertiary/aromatic N) is 3. The van der Waals surface area contributed by atoms with E-state index in [1.807, 2.05) is 59.6 Å². The van der Waals surface area contributed by atoms with Crippen LogP contribution in [-0.4, -0.2) is 47.9 Å². The normalized spacial score (nSPS) is 13.6. The Morgan fingerprint density at radius 1 is 1.00 bits per heavy atom. The SMILES string of the molecule is COc1ccc(OC)c(-c2nn(-c3ccccc3)cc2C(=O)N2CCCC2)c1. The molecule has 1 aliphatic rings. The smallest absolute Gasteiger partial charge is 0.257 e. The van der Waals surface area contributed by atoms with E-state index >= 15 is 0 Å². The van der Waals surface area contributed by atoms with Crippen LogP contribution in [0.25, 0.3) is 16.9 Å². The second kappa shape index (κ2) is 7.76. The minimum absolute atomic E-state index is 0.000413. The number of rotatable bonds is 5. The first-order chi connectivity index (χ1) is 13.7. The van der Waals surface area contributed by atoms with Crippen LogP contribution in [0.5, 0.6) is 11.5 Å². The predicted molar refractivity (Wildman–Crippen MR) is 107 cm³/mol. The van der Waals surface area contributed by atoms with E-state index < -0.39 is 0 Å². The highest BCUT2D eigenvalue weighted by Crippen LogP contribution is 2.35. The standard InChI is InChI=1S/C22H23N3O3/c1-27-17-10-11-20(28-2)18(14-17)21-19(22(26)24-12-6-7-13-24)15-25(23-21)16-8-4-3-5-9-16/h3-5,8-11,14-15H,6-7,12-13H2,1-2H3. The Bertz CT molecular complexity index is 976. The number of methoxy groups -OCH3 is 2. The van der Waals surface area contributed by atoms with Crippen molar-refractivity contribution in [1.29, 1.82) is 0 Å². The van der Waals surface area contributed by atoms with Crippen LogP contribution in [0.2, 0.25) is 0 Å². The molecule has 6 nitrogen and oxygen atoms in total. The van der Waals surface area contributed by atoms with Gasteiger partial charge in [-0.3, -0.25) is 4.79 Å². The average molecular weight is 377 g/mol. The van der Waals surface area contributed by atoms with Crippen LogP contribution in [0.3, 0.4) is 0 Å². The molecule has 0 N–H and O–H groups in total. The van der Waals surface area contributed by atoms with Gasteiger partial charge in [0.05, 0.1) is 25.5 Å². The van der Waals surface area contributed by atoms with Crippen molar-refractivity contribution in [2.75, 3.05) is 27.3 Å². The van der Waals surface area contributed by atoms with Crippen molar-refractivity contribution in [2.45, 2.75) is 12.8 Å². The van der Waals surface area contributed by atoms with Gasteiger partial charge in [-0.1, -0.05) is 18.2 Å². The van der Waals surface area contributed by atoms with Crippen molar-refractivity contribution < 1.29 is 14.3 Å². The van der Waals surface area contributed by atoms with E-state index in [1.54, 1.807) is 18.9 Å². The summed E-state index contributed by atoms with van der Waals surface area (Å²) in [4.78, 5) is 15.1. The summed E-state index contributed by atoms with van der Waals surface area (Å²) in [5, 5.41) is 4.76. The minimum atomic E-state index is -0.000413. The number of carbonyl (C=O) groups excluding carboxylic acids is 1. The third kappa shape index (κ3) is 3.33. The van der Waals surface area contributed by atoms with Gasteiger partial charge in [0.25, 0.3) is 5.91 Å². The topological polar surface area (TPSA) is 56.6 Å². The average Bonchev–Trinajstić information content (AvgIpc) is 3.44. The Hall–Kier alpha value is -3.28. The van der Waals surface area contributed by atoms with Crippen molar-refractivity contribution in [3.63, 3.8) is 0 Å². The second-order valence-corrected chi connectivity index (χ2v) is 6.74. The quantitative estimate of drug-likeness (QED) is 0.679. The van der Waals surface area contributed by atoms with Gasteiger partial charge in [-0.25, -0.2) is 4.68 Å². The van der Waals surface area contributed by atoms with Gasteiger partial charge >= 0.3 is 0 Å². The lowest BCUT2D eigenvalue weighted by molar-refractivity contribution is 0.0793.